The van der Waals surface area contributed by atoms with Crippen LogP contribution in [0.15, 0.2) is 22.8 Å². The van der Waals surface area contributed by atoms with Crippen LogP contribution in [0.3, 0.4) is 0 Å². The number of nitrogens with one attached hydrogen (secondary N) is 1. The van der Waals surface area contributed by atoms with Gasteiger partial charge >= 0.3 is 0 Å². The van der Waals surface area contributed by atoms with Crippen LogP contribution in [0.25, 0.3) is 0 Å². The Balaban J connectivity index is 1.35. The van der Waals surface area contributed by atoms with Gasteiger partial charge < -0.3 is 14.6 Å². The average Bonchev–Trinajstić information content (AvgIpc) is 2.93. The number of hydrogen-bond acceptors (Lipinski definition) is 6. The largest absolute Gasteiger partial charge is 0.467 e. The van der Waals surface area contributed by atoms with E-state index in [2.05, 4.69) is 15.5 Å². The van der Waals surface area contributed by atoms with Crippen LogP contribution in [-0.4, -0.2) is 33.5 Å². The lowest BCUT2D eigenvalue weighted by Gasteiger charge is -2.14. The fraction of sp³-hybridized carbons (Fsp3) is 0.467. The molecule has 0 radical (unpaired) electrons. The van der Waals surface area contributed by atoms with Crippen LogP contribution in [0.5, 0.6) is 0 Å². The van der Waals surface area contributed by atoms with Gasteiger partial charge in [-0.25, -0.2) is 0 Å². The first-order valence-corrected chi connectivity index (χ1v) is 8.45. The molecule has 7 nitrogen and oxygen atoms in total. The third kappa shape index (κ3) is 3.12. The van der Waals surface area contributed by atoms with E-state index >= 15 is 0 Å². The first-order chi connectivity index (χ1) is 11.2. The lowest BCUT2D eigenvalue weighted by Crippen LogP contribution is -2.27. The lowest BCUT2D eigenvalue weighted by molar-refractivity contribution is -0.128. The van der Waals surface area contributed by atoms with Gasteiger partial charge in [-0.1, -0.05) is 11.3 Å². The van der Waals surface area contributed by atoms with Crippen molar-refractivity contribution in [2.24, 2.45) is 5.92 Å². The van der Waals surface area contributed by atoms with E-state index in [1.807, 2.05) is 6.07 Å². The second kappa shape index (κ2) is 5.77. The number of aromatic nitrogens is 2. The number of rotatable bonds is 5. The maximum atomic E-state index is 12.3. The zero-order chi connectivity index (χ0) is 15.8. The van der Waals surface area contributed by atoms with E-state index < -0.39 is 0 Å². The van der Waals surface area contributed by atoms with Gasteiger partial charge in [0, 0.05) is 18.9 Å². The Morgan fingerprint density at radius 2 is 2.30 bits per heavy atom. The molecule has 2 amide bonds. The van der Waals surface area contributed by atoms with Gasteiger partial charge in [0.05, 0.1) is 18.7 Å². The molecule has 2 aliphatic rings. The number of furan rings is 1. The van der Waals surface area contributed by atoms with E-state index in [0.29, 0.717) is 24.1 Å². The molecule has 3 heterocycles. The lowest BCUT2D eigenvalue weighted by atomic mass is 10.1. The highest BCUT2D eigenvalue weighted by Crippen LogP contribution is 2.42. The zero-order valence-corrected chi connectivity index (χ0v) is 13.2. The minimum Gasteiger partial charge on any atom is -0.467 e. The van der Waals surface area contributed by atoms with Crippen LogP contribution >= 0.6 is 11.3 Å². The first-order valence-electron chi connectivity index (χ1n) is 7.63. The molecule has 1 saturated carbocycles. The van der Waals surface area contributed by atoms with Crippen LogP contribution in [-0.2, 0) is 16.1 Å². The summed E-state index contributed by atoms with van der Waals surface area (Å²) in [7, 11) is 0. The number of hydrogen-bond donors (Lipinski definition) is 1. The molecule has 4 rings (SSSR count). The van der Waals surface area contributed by atoms with Crippen LogP contribution < -0.4 is 5.32 Å². The maximum absolute atomic E-state index is 12.3. The Morgan fingerprint density at radius 3 is 3.04 bits per heavy atom. The summed E-state index contributed by atoms with van der Waals surface area (Å²) in [5.74, 6) is 0.689. The third-order valence-corrected chi connectivity index (χ3v) is 5.11. The van der Waals surface area contributed by atoms with Crippen LogP contribution in [0, 0.1) is 5.92 Å². The molecule has 1 unspecified atom stereocenters. The Labute approximate surface area is 136 Å². The van der Waals surface area contributed by atoms with Crippen molar-refractivity contribution in [3.05, 3.63) is 29.2 Å². The molecule has 2 aromatic rings. The van der Waals surface area contributed by atoms with E-state index in [4.69, 9.17) is 4.42 Å². The minimum absolute atomic E-state index is 0.0301. The van der Waals surface area contributed by atoms with Gasteiger partial charge in [0.2, 0.25) is 16.9 Å². The molecule has 1 aliphatic carbocycles. The quantitative estimate of drug-likeness (QED) is 0.904. The summed E-state index contributed by atoms with van der Waals surface area (Å²) in [6.45, 7) is 0.805. The van der Waals surface area contributed by atoms with Crippen LogP contribution in [0.1, 0.15) is 35.9 Å². The van der Waals surface area contributed by atoms with Crippen molar-refractivity contribution in [1.82, 2.24) is 15.1 Å². The summed E-state index contributed by atoms with van der Waals surface area (Å²) in [5.41, 5.74) is 0. The Kier molecular flexibility index (Phi) is 3.60. The van der Waals surface area contributed by atoms with Gasteiger partial charge in [0.1, 0.15) is 10.8 Å². The molecule has 1 saturated heterocycles. The normalized spacial score (nSPS) is 21.0. The summed E-state index contributed by atoms with van der Waals surface area (Å²) in [4.78, 5) is 26.0. The van der Waals surface area contributed by atoms with Crippen LogP contribution in [0.2, 0.25) is 0 Å². The first kappa shape index (κ1) is 14.4. The summed E-state index contributed by atoms with van der Waals surface area (Å²) in [6, 6.07) is 3.61. The number of likely N-dealkylation sites (tertiary alicyclic amines) is 1. The van der Waals surface area contributed by atoms with E-state index in [1.165, 1.54) is 11.3 Å². The van der Waals surface area contributed by atoms with Crippen molar-refractivity contribution in [3.8, 4) is 0 Å². The van der Waals surface area contributed by atoms with Crippen LogP contribution in [0.4, 0.5) is 5.13 Å². The predicted molar refractivity (Wildman–Crippen MR) is 82.7 cm³/mol. The van der Waals surface area contributed by atoms with Crippen molar-refractivity contribution in [2.45, 2.75) is 31.7 Å². The summed E-state index contributed by atoms with van der Waals surface area (Å²) in [5, 5.41) is 12.4. The summed E-state index contributed by atoms with van der Waals surface area (Å²) >= 11 is 1.43. The standard InChI is InChI=1S/C15H16N4O3S/c20-12-6-10(7-19(12)8-11-2-1-5-22-11)13(21)16-15-18-17-14(23-15)9-3-4-9/h1-2,5,9-10H,3-4,6-8H2,(H,16,18,21). The molecule has 1 N–H and O–H groups in total. The number of anilines is 1. The van der Waals surface area contributed by atoms with Gasteiger partial charge in [-0.15, -0.1) is 10.2 Å². The molecule has 23 heavy (non-hydrogen) atoms. The monoisotopic (exact) mass is 332 g/mol. The highest BCUT2D eigenvalue weighted by molar-refractivity contribution is 7.15. The second-order valence-corrected chi connectivity index (χ2v) is 6.97. The Hall–Kier alpha value is -2.22. The summed E-state index contributed by atoms with van der Waals surface area (Å²) in [6.07, 6.45) is 4.11. The molecular formula is C15H16N4O3S. The highest BCUT2D eigenvalue weighted by Gasteiger charge is 2.35. The van der Waals surface area contributed by atoms with E-state index in [9.17, 15) is 9.59 Å². The van der Waals surface area contributed by atoms with Crippen molar-refractivity contribution in [2.75, 3.05) is 11.9 Å². The van der Waals surface area contributed by atoms with E-state index in [-0.39, 0.29) is 24.2 Å². The van der Waals surface area contributed by atoms with Crippen molar-refractivity contribution in [1.29, 1.82) is 0 Å². The average molecular weight is 332 g/mol. The molecule has 8 heteroatoms. The van der Waals surface area contributed by atoms with Crippen molar-refractivity contribution < 1.29 is 14.0 Å². The molecule has 2 fully saturated rings. The molecule has 1 atom stereocenters. The number of nitrogens with zero attached hydrogens (tertiary/aromatic N) is 3. The molecular weight excluding hydrogens is 316 g/mol. The number of amides is 2. The topological polar surface area (TPSA) is 88.3 Å². The fourth-order valence-electron chi connectivity index (χ4n) is 2.68. The Morgan fingerprint density at radius 1 is 1.43 bits per heavy atom. The van der Waals surface area contributed by atoms with Crippen molar-refractivity contribution in [3.63, 3.8) is 0 Å². The molecule has 2 aromatic heterocycles. The molecule has 0 bridgehead atoms. The molecule has 0 aromatic carbocycles. The maximum Gasteiger partial charge on any atom is 0.231 e. The van der Waals surface area contributed by atoms with E-state index in [1.54, 1.807) is 17.2 Å². The predicted octanol–water partition coefficient (Wildman–Crippen LogP) is 2.00. The third-order valence-electron chi connectivity index (χ3n) is 4.11. The van der Waals surface area contributed by atoms with Crippen molar-refractivity contribution >= 4 is 28.3 Å². The second-order valence-electron chi connectivity index (χ2n) is 5.96. The van der Waals surface area contributed by atoms with Gasteiger partial charge in [-0.3, -0.25) is 9.59 Å². The Bertz CT molecular complexity index is 723. The molecule has 120 valence electrons. The molecule has 1 aliphatic heterocycles. The zero-order valence-electron chi connectivity index (χ0n) is 12.4. The van der Waals surface area contributed by atoms with Gasteiger partial charge in [-0.2, -0.15) is 0 Å². The van der Waals surface area contributed by atoms with Gasteiger partial charge in [-0.05, 0) is 25.0 Å². The van der Waals surface area contributed by atoms with Gasteiger partial charge in [0.25, 0.3) is 0 Å². The molecule has 0 spiro atoms. The SMILES string of the molecule is O=C(Nc1nnc(C2CC2)s1)C1CC(=O)N(Cc2ccco2)C1. The highest BCUT2D eigenvalue weighted by atomic mass is 32.1. The van der Waals surface area contributed by atoms with E-state index in [0.717, 1.165) is 23.6 Å². The van der Waals surface area contributed by atoms with Gasteiger partial charge in [0.15, 0.2) is 0 Å². The minimum atomic E-state index is -0.356. The smallest absolute Gasteiger partial charge is 0.231 e. The number of carbonyl (C=O) groups excluding carboxylic acids is 2. The fourth-order valence-corrected chi connectivity index (χ4v) is 3.59. The summed E-state index contributed by atoms with van der Waals surface area (Å²) < 4.78 is 5.26. The number of carbonyl (C=O) groups is 2.